The monoisotopic (exact) mass is 484 g/mol. The highest BCUT2D eigenvalue weighted by Crippen LogP contribution is 2.35. The van der Waals surface area contributed by atoms with Crippen LogP contribution in [-0.4, -0.2) is 14.2 Å². The molecule has 170 valence electrons. The van der Waals surface area contributed by atoms with Gasteiger partial charge in [0.1, 0.15) is 11.5 Å². The smallest absolute Gasteiger partial charge is 0.195 e. The van der Waals surface area contributed by atoms with Crippen LogP contribution >= 0.6 is 23.1 Å². The van der Waals surface area contributed by atoms with E-state index in [0.717, 1.165) is 54.3 Å². The molecule has 0 amide bonds. The van der Waals surface area contributed by atoms with Gasteiger partial charge in [0.2, 0.25) is 0 Å². The molecule has 3 nitrogen and oxygen atoms in total. The van der Waals surface area contributed by atoms with Gasteiger partial charge < -0.3 is 9.47 Å². The summed E-state index contributed by atoms with van der Waals surface area (Å²) in [5, 5.41) is 1.56. The quantitative estimate of drug-likeness (QED) is 0.226. The van der Waals surface area contributed by atoms with E-state index in [9.17, 15) is 4.79 Å². The van der Waals surface area contributed by atoms with Crippen molar-refractivity contribution >= 4 is 43.3 Å². The minimum Gasteiger partial charge on any atom is -0.497 e. The lowest BCUT2D eigenvalue weighted by Gasteiger charge is -2.12. The zero-order chi connectivity index (χ0) is 23.5. The average molecular weight is 485 g/mol. The van der Waals surface area contributed by atoms with Crippen LogP contribution in [0.2, 0.25) is 0 Å². The summed E-state index contributed by atoms with van der Waals surface area (Å²) in [4.78, 5) is 15.2. The SMILES string of the molecule is COc1cccc(CCc2ccc(Sc3ccc4sc5ccccc5c(=O)c4c3)cc2OC)c1. The Kier molecular flexibility index (Phi) is 6.57. The van der Waals surface area contributed by atoms with Crippen molar-refractivity contribution in [3.63, 3.8) is 0 Å². The molecular formula is C29H24O3S2. The Labute approximate surface area is 207 Å². The van der Waals surface area contributed by atoms with Crippen LogP contribution in [0, 0.1) is 0 Å². The Balaban J connectivity index is 1.38. The van der Waals surface area contributed by atoms with E-state index in [4.69, 9.17) is 9.47 Å². The topological polar surface area (TPSA) is 35.5 Å². The molecule has 1 aromatic heterocycles. The lowest BCUT2D eigenvalue weighted by Crippen LogP contribution is -2.00. The van der Waals surface area contributed by atoms with Gasteiger partial charge in [-0.15, -0.1) is 11.3 Å². The van der Waals surface area contributed by atoms with E-state index in [0.29, 0.717) is 0 Å². The van der Waals surface area contributed by atoms with Crippen molar-refractivity contribution in [2.24, 2.45) is 0 Å². The maximum Gasteiger partial charge on any atom is 0.195 e. The highest BCUT2D eigenvalue weighted by Gasteiger charge is 2.10. The Morgan fingerprint density at radius 1 is 0.735 bits per heavy atom. The van der Waals surface area contributed by atoms with Gasteiger partial charge in [-0.1, -0.05) is 42.1 Å². The summed E-state index contributed by atoms with van der Waals surface area (Å²) in [5.41, 5.74) is 2.50. The Hall–Kier alpha value is -3.28. The molecule has 34 heavy (non-hydrogen) atoms. The molecule has 0 N–H and O–H groups in total. The summed E-state index contributed by atoms with van der Waals surface area (Å²) in [6.07, 6.45) is 1.79. The molecule has 0 aliphatic rings. The Morgan fingerprint density at radius 3 is 2.38 bits per heavy atom. The molecule has 0 bridgehead atoms. The number of aryl methyl sites for hydroxylation is 2. The number of ether oxygens (including phenoxy) is 2. The fourth-order valence-corrected chi connectivity index (χ4v) is 6.02. The van der Waals surface area contributed by atoms with Crippen LogP contribution in [0.15, 0.2) is 99.5 Å². The van der Waals surface area contributed by atoms with Crippen LogP contribution in [0.5, 0.6) is 11.5 Å². The van der Waals surface area contributed by atoms with Crippen LogP contribution in [0.3, 0.4) is 0 Å². The van der Waals surface area contributed by atoms with Crippen molar-refractivity contribution in [1.82, 2.24) is 0 Å². The summed E-state index contributed by atoms with van der Waals surface area (Å²) in [6, 6.07) is 28.5. The maximum atomic E-state index is 13.0. The third-order valence-corrected chi connectivity index (χ3v) is 7.99. The van der Waals surface area contributed by atoms with Crippen LogP contribution in [0.4, 0.5) is 0 Å². The minimum atomic E-state index is 0.0947. The Bertz CT molecular complexity index is 1540. The summed E-state index contributed by atoms with van der Waals surface area (Å²) < 4.78 is 13.1. The summed E-state index contributed by atoms with van der Waals surface area (Å²) in [5.74, 6) is 1.76. The van der Waals surface area contributed by atoms with Gasteiger partial charge in [-0.25, -0.2) is 0 Å². The van der Waals surface area contributed by atoms with Crippen LogP contribution in [0.1, 0.15) is 11.1 Å². The lowest BCUT2D eigenvalue weighted by atomic mass is 10.0. The zero-order valence-electron chi connectivity index (χ0n) is 19.0. The highest BCUT2D eigenvalue weighted by atomic mass is 32.2. The highest BCUT2D eigenvalue weighted by molar-refractivity contribution is 7.99. The molecule has 5 heteroatoms. The van der Waals surface area contributed by atoms with E-state index in [-0.39, 0.29) is 5.43 Å². The summed E-state index contributed by atoms with van der Waals surface area (Å²) in [7, 11) is 3.40. The molecule has 0 saturated carbocycles. The molecule has 0 unspecified atom stereocenters. The molecule has 1 heterocycles. The van der Waals surface area contributed by atoms with Gasteiger partial charge in [0.15, 0.2) is 5.43 Å². The van der Waals surface area contributed by atoms with E-state index in [2.05, 4.69) is 42.5 Å². The van der Waals surface area contributed by atoms with Gasteiger partial charge in [-0.05, 0) is 78.6 Å². The summed E-state index contributed by atoms with van der Waals surface area (Å²) >= 11 is 3.30. The molecule has 0 spiro atoms. The normalized spacial score (nSPS) is 11.1. The second-order valence-electron chi connectivity index (χ2n) is 8.01. The largest absolute Gasteiger partial charge is 0.497 e. The molecular weight excluding hydrogens is 460 g/mol. The second-order valence-corrected chi connectivity index (χ2v) is 10.2. The van der Waals surface area contributed by atoms with Gasteiger partial charge in [0, 0.05) is 30.0 Å². The number of benzene rings is 4. The lowest BCUT2D eigenvalue weighted by molar-refractivity contribution is 0.408. The van der Waals surface area contributed by atoms with Gasteiger partial charge in [-0.2, -0.15) is 0 Å². The molecule has 0 atom stereocenters. The zero-order valence-corrected chi connectivity index (χ0v) is 20.7. The van der Waals surface area contributed by atoms with Crippen LogP contribution in [-0.2, 0) is 12.8 Å². The van der Waals surface area contributed by atoms with E-state index in [1.807, 2.05) is 42.5 Å². The van der Waals surface area contributed by atoms with Gasteiger partial charge in [-0.3, -0.25) is 4.79 Å². The van der Waals surface area contributed by atoms with Crippen LogP contribution in [0.25, 0.3) is 20.2 Å². The van der Waals surface area contributed by atoms with E-state index < -0.39 is 0 Å². The van der Waals surface area contributed by atoms with Gasteiger partial charge in [0.05, 0.1) is 14.2 Å². The first-order valence-corrected chi connectivity index (χ1v) is 12.7. The van der Waals surface area contributed by atoms with Crippen LogP contribution < -0.4 is 14.9 Å². The first-order valence-electron chi connectivity index (χ1n) is 11.1. The second kappa shape index (κ2) is 9.92. The average Bonchev–Trinajstić information content (AvgIpc) is 2.88. The fourth-order valence-electron chi connectivity index (χ4n) is 4.08. The molecule has 0 aliphatic heterocycles. The number of methoxy groups -OCH3 is 2. The Morgan fingerprint density at radius 2 is 1.53 bits per heavy atom. The standard InChI is InChI=1S/C29H24O3S2/c1-31-21-7-5-6-19(16-21)10-11-20-12-13-23(18-26(20)32-2)33-22-14-15-28-25(17-22)29(30)24-8-3-4-9-27(24)34-28/h3-9,12-18H,10-11H2,1-2H3. The summed E-state index contributed by atoms with van der Waals surface area (Å²) in [6.45, 7) is 0. The molecule has 5 rings (SSSR count). The fraction of sp³-hybridized carbons (Fsp3) is 0.138. The molecule has 4 aromatic carbocycles. The van der Waals surface area contributed by atoms with Crippen molar-refractivity contribution < 1.29 is 9.47 Å². The predicted octanol–water partition coefficient (Wildman–Crippen LogP) is 7.37. The molecule has 0 radical (unpaired) electrons. The van der Waals surface area contributed by atoms with Crippen molar-refractivity contribution in [2.75, 3.05) is 14.2 Å². The van der Waals surface area contributed by atoms with E-state index in [1.165, 1.54) is 11.1 Å². The molecule has 0 saturated heterocycles. The molecule has 0 aliphatic carbocycles. The minimum absolute atomic E-state index is 0.0947. The first kappa shape index (κ1) is 22.5. The number of fused-ring (bicyclic) bond motifs is 2. The number of hydrogen-bond acceptors (Lipinski definition) is 5. The van der Waals surface area contributed by atoms with Crippen molar-refractivity contribution in [3.05, 3.63) is 106 Å². The third kappa shape index (κ3) is 4.67. The number of rotatable bonds is 7. The van der Waals surface area contributed by atoms with E-state index >= 15 is 0 Å². The third-order valence-electron chi connectivity index (χ3n) is 5.86. The molecule has 0 fully saturated rings. The molecule has 5 aromatic rings. The predicted molar refractivity (Wildman–Crippen MR) is 143 cm³/mol. The van der Waals surface area contributed by atoms with E-state index in [1.54, 1.807) is 37.3 Å². The van der Waals surface area contributed by atoms with Crippen molar-refractivity contribution in [2.45, 2.75) is 22.6 Å². The first-order chi connectivity index (χ1) is 16.6. The van der Waals surface area contributed by atoms with Crippen molar-refractivity contribution in [1.29, 1.82) is 0 Å². The van der Waals surface area contributed by atoms with Gasteiger partial charge >= 0.3 is 0 Å². The maximum absolute atomic E-state index is 13.0. The van der Waals surface area contributed by atoms with Crippen molar-refractivity contribution in [3.8, 4) is 11.5 Å². The number of hydrogen-bond donors (Lipinski definition) is 0. The van der Waals surface area contributed by atoms with Gasteiger partial charge in [0.25, 0.3) is 0 Å².